The molecule has 1 N–H and O–H groups in total. The van der Waals surface area contributed by atoms with Crippen LogP contribution in [0, 0.1) is 5.41 Å². The molecule has 1 unspecified atom stereocenters. The number of nitrogens with zero attached hydrogens (tertiary/aromatic N) is 2. The molecular formula is C16H35N3. The summed E-state index contributed by atoms with van der Waals surface area (Å²) < 4.78 is 0. The molecule has 0 aliphatic carbocycles. The number of nitrogens with one attached hydrogen (secondary N) is 1. The van der Waals surface area contributed by atoms with Gasteiger partial charge in [-0.2, -0.15) is 0 Å². The van der Waals surface area contributed by atoms with Crippen molar-refractivity contribution in [2.45, 2.75) is 53.5 Å². The van der Waals surface area contributed by atoms with E-state index >= 15 is 0 Å². The van der Waals surface area contributed by atoms with Crippen LogP contribution in [-0.2, 0) is 0 Å². The van der Waals surface area contributed by atoms with Crippen molar-refractivity contribution in [2.75, 3.05) is 45.8 Å². The van der Waals surface area contributed by atoms with Crippen molar-refractivity contribution in [2.24, 2.45) is 5.41 Å². The molecule has 0 aromatic heterocycles. The van der Waals surface area contributed by atoms with Crippen LogP contribution in [0.15, 0.2) is 0 Å². The first kappa shape index (κ1) is 16.9. The molecule has 0 bridgehead atoms. The summed E-state index contributed by atoms with van der Waals surface area (Å²) in [5, 5.41) is 3.65. The summed E-state index contributed by atoms with van der Waals surface area (Å²) in [5.74, 6) is 0. The van der Waals surface area contributed by atoms with Gasteiger partial charge in [-0.25, -0.2) is 0 Å². The lowest BCUT2D eigenvalue weighted by atomic mass is 9.84. The van der Waals surface area contributed by atoms with Crippen LogP contribution < -0.4 is 5.32 Å². The van der Waals surface area contributed by atoms with Gasteiger partial charge in [0.15, 0.2) is 0 Å². The maximum atomic E-state index is 3.65. The second-order valence-electron chi connectivity index (χ2n) is 6.78. The molecule has 0 spiro atoms. The van der Waals surface area contributed by atoms with Gasteiger partial charge < -0.3 is 15.1 Å². The molecule has 0 aromatic carbocycles. The van der Waals surface area contributed by atoms with E-state index in [9.17, 15) is 0 Å². The third-order valence-corrected chi connectivity index (χ3v) is 4.51. The molecule has 1 aliphatic heterocycles. The van der Waals surface area contributed by atoms with E-state index in [1.54, 1.807) is 0 Å². The highest BCUT2D eigenvalue weighted by molar-refractivity contribution is 4.85. The van der Waals surface area contributed by atoms with E-state index in [4.69, 9.17) is 0 Å². The van der Waals surface area contributed by atoms with Gasteiger partial charge in [0.1, 0.15) is 0 Å². The van der Waals surface area contributed by atoms with Crippen molar-refractivity contribution in [1.82, 2.24) is 15.1 Å². The maximum absolute atomic E-state index is 3.65. The van der Waals surface area contributed by atoms with Crippen LogP contribution in [0.1, 0.15) is 47.5 Å². The highest BCUT2D eigenvalue weighted by Gasteiger charge is 2.29. The summed E-state index contributed by atoms with van der Waals surface area (Å²) in [6.45, 7) is 20.2. The predicted octanol–water partition coefficient (Wildman–Crippen LogP) is 2.43. The summed E-state index contributed by atoms with van der Waals surface area (Å²) in [6.07, 6.45) is 2.50. The Bertz CT molecular complexity index is 232. The van der Waals surface area contributed by atoms with Crippen LogP contribution in [0.25, 0.3) is 0 Å². The summed E-state index contributed by atoms with van der Waals surface area (Å²) in [6, 6.07) is 0.584. The second-order valence-corrected chi connectivity index (χ2v) is 6.78. The lowest BCUT2D eigenvalue weighted by molar-refractivity contribution is 0.0832. The van der Waals surface area contributed by atoms with Gasteiger partial charge in [0.2, 0.25) is 0 Å². The standard InChI is InChI=1S/C16H35N3/c1-6-8-17-15(3)16(4,5)14-19-12-10-18(9-7-2)11-13-19/h15,17H,6-14H2,1-5H3. The topological polar surface area (TPSA) is 18.5 Å². The van der Waals surface area contributed by atoms with Crippen molar-refractivity contribution in [3.8, 4) is 0 Å². The number of hydrogen-bond donors (Lipinski definition) is 1. The SMILES string of the molecule is CCCNC(C)C(C)(C)CN1CCN(CCC)CC1. The Balaban J connectivity index is 2.33. The van der Waals surface area contributed by atoms with Gasteiger partial charge in [-0.15, -0.1) is 0 Å². The molecule has 0 amide bonds. The number of hydrogen-bond acceptors (Lipinski definition) is 3. The zero-order valence-corrected chi connectivity index (χ0v) is 13.8. The minimum absolute atomic E-state index is 0.349. The Kier molecular flexibility index (Phi) is 7.33. The van der Waals surface area contributed by atoms with Crippen LogP contribution in [0.5, 0.6) is 0 Å². The molecule has 114 valence electrons. The lowest BCUT2D eigenvalue weighted by Gasteiger charge is -2.41. The molecule has 0 radical (unpaired) electrons. The smallest absolute Gasteiger partial charge is 0.0110 e. The predicted molar refractivity (Wildman–Crippen MR) is 84.7 cm³/mol. The third kappa shape index (κ3) is 5.80. The van der Waals surface area contributed by atoms with Crippen LogP contribution in [0.2, 0.25) is 0 Å². The fraction of sp³-hybridized carbons (Fsp3) is 1.00. The van der Waals surface area contributed by atoms with Gasteiger partial charge in [-0.1, -0.05) is 27.7 Å². The quantitative estimate of drug-likeness (QED) is 0.730. The zero-order chi connectivity index (χ0) is 14.3. The van der Waals surface area contributed by atoms with E-state index < -0.39 is 0 Å². The molecule has 0 aromatic rings. The Labute approximate surface area is 120 Å². The fourth-order valence-corrected chi connectivity index (χ4v) is 2.84. The van der Waals surface area contributed by atoms with E-state index in [1.807, 2.05) is 0 Å². The van der Waals surface area contributed by atoms with E-state index in [2.05, 4.69) is 49.7 Å². The molecule has 1 saturated heterocycles. The van der Waals surface area contributed by atoms with Crippen LogP contribution in [0.3, 0.4) is 0 Å². The summed E-state index contributed by atoms with van der Waals surface area (Å²) in [5.41, 5.74) is 0.349. The fourth-order valence-electron chi connectivity index (χ4n) is 2.84. The Morgan fingerprint density at radius 3 is 2.11 bits per heavy atom. The zero-order valence-electron chi connectivity index (χ0n) is 13.8. The Morgan fingerprint density at radius 2 is 1.58 bits per heavy atom. The van der Waals surface area contributed by atoms with E-state index in [0.29, 0.717) is 11.5 Å². The first-order valence-corrected chi connectivity index (χ1v) is 8.17. The van der Waals surface area contributed by atoms with Crippen molar-refractivity contribution in [1.29, 1.82) is 0 Å². The molecule has 19 heavy (non-hydrogen) atoms. The monoisotopic (exact) mass is 269 g/mol. The first-order valence-electron chi connectivity index (χ1n) is 8.17. The largest absolute Gasteiger partial charge is 0.314 e. The van der Waals surface area contributed by atoms with E-state index in [1.165, 1.54) is 52.1 Å². The average molecular weight is 269 g/mol. The van der Waals surface area contributed by atoms with Gasteiger partial charge >= 0.3 is 0 Å². The van der Waals surface area contributed by atoms with Gasteiger partial charge in [-0.3, -0.25) is 0 Å². The summed E-state index contributed by atoms with van der Waals surface area (Å²) in [7, 11) is 0. The van der Waals surface area contributed by atoms with Gasteiger partial charge in [-0.05, 0) is 38.3 Å². The van der Waals surface area contributed by atoms with Crippen molar-refractivity contribution in [3.63, 3.8) is 0 Å². The molecular weight excluding hydrogens is 234 g/mol. The number of rotatable bonds is 8. The molecule has 0 saturated carbocycles. The molecule has 3 nitrogen and oxygen atoms in total. The van der Waals surface area contributed by atoms with E-state index in [0.717, 1.165) is 6.54 Å². The molecule has 1 atom stereocenters. The molecule has 3 heteroatoms. The summed E-state index contributed by atoms with van der Waals surface area (Å²) in [4.78, 5) is 5.25. The number of piperazine rings is 1. The normalized spacial score (nSPS) is 20.7. The van der Waals surface area contributed by atoms with E-state index in [-0.39, 0.29) is 0 Å². The maximum Gasteiger partial charge on any atom is 0.0110 e. The van der Waals surface area contributed by atoms with Crippen LogP contribution in [-0.4, -0.2) is 61.7 Å². The molecule has 1 fully saturated rings. The van der Waals surface area contributed by atoms with Gasteiger partial charge in [0.25, 0.3) is 0 Å². The highest BCUT2D eigenvalue weighted by Crippen LogP contribution is 2.23. The highest BCUT2D eigenvalue weighted by atomic mass is 15.3. The van der Waals surface area contributed by atoms with Gasteiger partial charge in [0.05, 0.1) is 0 Å². The Morgan fingerprint density at radius 1 is 1.00 bits per heavy atom. The van der Waals surface area contributed by atoms with Crippen molar-refractivity contribution < 1.29 is 0 Å². The Hall–Kier alpha value is -0.120. The lowest BCUT2D eigenvalue weighted by Crippen LogP contribution is -2.52. The van der Waals surface area contributed by atoms with Gasteiger partial charge in [0, 0.05) is 38.8 Å². The average Bonchev–Trinajstić information content (AvgIpc) is 2.38. The van der Waals surface area contributed by atoms with Crippen LogP contribution >= 0.6 is 0 Å². The van der Waals surface area contributed by atoms with Crippen LogP contribution in [0.4, 0.5) is 0 Å². The van der Waals surface area contributed by atoms with Crippen molar-refractivity contribution in [3.05, 3.63) is 0 Å². The first-order chi connectivity index (χ1) is 8.99. The molecule has 1 aliphatic rings. The minimum atomic E-state index is 0.349. The third-order valence-electron chi connectivity index (χ3n) is 4.51. The molecule has 1 rings (SSSR count). The minimum Gasteiger partial charge on any atom is -0.314 e. The second kappa shape index (κ2) is 8.23. The molecule has 1 heterocycles. The summed E-state index contributed by atoms with van der Waals surface area (Å²) >= 11 is 0. The van der Waals surface area contributed by atoms with Crippen molar-refractivity contribution >= 4 is 0 Å².